The highest BCUT2D eigenvalue weighted by molar-refractivity contribution is 6.42. The fourth-order valence-electron chi connectivity index (χ4n) is 2.27. The lowest BCUT2D eigenvalue weighted by molar-refractivity contribution is -0.862. The number of para-hydroxylation sites is 1. The summed E-state index contributed by atoms with van der Waals surface area (Å²) in [6.45, 7) is 0.169. The lowest BCUT2D eigenvalue weighted by atomic mass is 10.2. The smallest absolute Gasteiger partial charge is 0.279 e. The van der Waals surface area contributed by atoms with Gasteiger partial charge in [-0.05, 0) is 30.3 Å². The molecule has 0 spiro atoms. The lowest BCUT2D eigenvalue weighted by Gasteiger charge is -2.14. The molecule has 0 aromatic heterocycles. The Bertz CT molecular complexity index is 865. The molecular formula is C18H17Cl2N4O2+. The van der Waals surface area contributed by atoms with Crippen LogP contribution in [0.2, 0.25) is 10.0 Å². The third-order valence-electron chi connectivity index (χ3n) is 3.45. The first-order chi connectivity index (χ1) is 12.4. The molecule has 2 aromatic carbocycles. The monoisotopic (exact) mass is 391 g/mol. The molecule has 2 rings (SSSR count). The van der Waals surface area contributed by atoms with E-state index in [1.54, 1.807) is 49.5 Å². The second-order valence-corrected chi connectivity index (χ2v) is 6.51. The first kappa shape index (κ1) is 19.7. The van der Waals surface area contributed by atoms with Gasteiger partial charge in [-0.2, -0.15) is 5.26 Å². The average Bonchev–Trinajstić information content (AvgIpc) is 2.58. The van der Waals surface area contributed by atoms with Crippen molar-refractivity contribution in [3.05, 3.63) is 58.1 Å². The summed E-state index contributed by atoms with van der Waals surface area (Å²) in [6.07, 6.45) is 0. The Balaban J connectivity index is 1.86. The number of anilines is 2. The lowest BCUT2D eigenvalue weighted by Crippen LogP contribution is -3.11. The maximum Gasteiger partial charge on any atom is 0.279 e. The SMILES string of the molecule is C[NH+](CC(=O)Nc1ccc(Cl)c(Cl)c1)CC(=O)Nc1ccccc1C#N. The van der Waals surface area contributed by atoms with Gasteiger partial charge >= 0.3 is 0 Å². The van der Waals surface area contributed by atoms with Crippen LogP contribution in [0.1, 0.15) is 5.56 Å². The number of nitrogens with one attached hydrogen (secondary N) is 3. The summed E-state index contributed by atoms with van der Waals surface area (Å²) < 4.78 is 0. The number of quaternary nitrogens is 1. The minimum atomic E-state index is -0.285. The van der Waals surface area contributed by atoms with Crippen LogP contribution in [0.3, 0.4) is 0 Å². The van der Waals surface area contributed by atoms with Gasteiger partial charge in [-0.15, -0.1) is 0 Å². The number of benzene rings is 2. The van der Waals surface area contributed by atoms with Crippen LogP contribution in [0.15, 0.2) is 42.5 Å². The average molecular weight is 392 g/mol. The number of hydrogen-bond donors (Lipinski definition) is 3. The van der Waals surface area contributed by atoms with Gasteiger partial charge in [-0.1, -0.05) is 35.3 Å². The van der Waals surface area contributed by atoms with Crippen LogP contribution in [0.25, 0.3) is 0 Å². The molecule has 3 N–H and O–H groups in total. The van der Waals surface area contributed by atoms with Crippen molar-refractivity contribution >= 4 is 46.4 Å². The molecule has 0 saturated carbocycles. The van der Waals surface area contributed by atoms with Crippen molar-refractivity contribution in [1.82, 2.24) is 0 Å². The molecule has 0 fully saturated rings. The Hall–Kier alpha value is -2.59. The van der Waals surface area contributed by atoms with Crippen molar-refractivity contribution in [3.8, 4) is 6.07 Å². The van der Waals surface area contributed by atoms with Gasteiger partial charge in [-0.3, -0.25) is 9.59 Å². The molecule has 2 amide bonds. The summed E-state index contributed by atoms with van der Waals surface area (Å²) >= 11 is 11.7. The Kier molecular flexibility index (Phi) is 6.98. The number of rotatable bonds is 6. The van der Waals surface area contributed by atoms with Gasteiger partial charge < -0.3 is 15.5 Å². The van der Waals surface area contributed by atoms with Crippen LogP contribution >= 0.6 is 23.2 Å². The first-order valence-corrected chi connectivity index (χ1v) is 8.50. The highest BCUT2D eigenvalue weighted by atomic mass is 35.5. The van der Waals surface area contributed by atoms with Gasteiger partial charge in [-0.25, -0.2) is 0 Å². The van der Waals surface area contributed by atoms with Crippen molar-refractivity contribution in [1.29, 1.82) is 5.26 Å². The topological polar surface area (TPSA) is 86.4 Å². The molecule has 26 heavy (non-hydrogen) atoms. The molecule has 1 unspecified atom stereocenters. The third kappa shape index (κ3) is 5.74. The number of nitriles is 1. The summed E-state index contributed by atoms with van der Waals surface area (Å²) in [5.41, 5.74) is 1.37. The zero-order valence-electron chi connectivity index (χ0n) is 14.0. The third-order valence-corrected chi connectivity index (χ3v) is 4.19. The number of carbonyl (C=O) groups excluding carboxylic acids is 2. The minimum absolute atomic E-state index is 0.0779. The normalized spacial score (nSPS) is 11.3. The van der Waals surface area contributed by atoms with E-state index in [0.29, 0.717) is 31.9 Å². The number of halogens is 2. The van der Waals surface area contributed by atoms with Gasteiger partial charge in [0.05, 0.1) is 28.3 Å². The van der Waals surface area contributed by atoms with Crippen LogP contribution in [0.5, 0.6) is 0 Å². The summed E-state index contributed by atoms with van der Waals surface area (Å²) in [7, 11) is 1.73. The van der Waals surface area contributed by atoms with Crippen molar-refractivity contribution in [3.63, 3.8) is 0 Å². The van der Waals surface area contributed by atoms with Crippen molar-refractivity contribution in [2.45, 2.75) is 0 Å². The molecule has 0 saturated heterocycles. The van der Waals surface area contributed by atoms with Crippen molar-refractivity contribution in [2.75, 3.05) is 30.8 Å². The Morgan fingerprint density at radius 3 is 2.35 bits per heavy atom. The number of hydrogen-bond acceptors (Lipinski definition) is 3. The molecule has 134 valence electrons. The van der Waals surface area contributed by atoms with E-state index < -0.39 is 0 Å². The number of nitrogens with zero attached hydrogens (tertiary/aromatic N) is 1. The first-order valence-electron chi connectivity index (χ1n) is 7.74. The summed E-state index contributed by atoms with van der Waals surface area (Å²) in [6, 6.07) is 13.5. The maximum atomic E-state index is 12.1. The van der Waals surface area contributed by atoms with Crippen molar-refractivity contribution in [2.24, 2.45) is 0 Å². The molecule has 0 aliphatic carbocycles. The number of carbonyl (C=O) groups is 2. The summed E-state index contributed by atoms with van der Waals surface area (Å²) in [5.74, 6) is -0.543. The molecule has 0 radical (unpaired) electrons. The quantitative estimate of drug-likeness (QED) is 0.703. The van der Waals surface area contributed by atoms with Crippen LogP contribution in [-0.2, 0) is 9.59 Å². The van der Waals surface area contributed by atoms with Gasteiger partial charge in [0.15, 0.2) is 13.1 Å². The zero-order chi connectivity index (χ0) is 19.1. The Morgan fingerprint density at radius 2 is 1.69 bits per heavy atom. The van der Waals surface area contributed by atoms with Crippen LogP contribution < -0.4 is 15.5 Å². The van der Waals surface area contributed by atoms with E-state index in [4.69, 9.17) is 28.5 Å². The molecule has 6 nitrogen and oxygen atoms in total. The predicted octanol–water partition coefficient (Wildman–Crippen LogP) is 1.96. The van der Waals surface area contributed by atoms with E-state index in [2.05, 4.69) is 10.6 Å². The molecule has 1 atom stereocenters. The molecule has 0 bridgehead atoms. The Labute approximate surface area is 161 Å². The summed E-state index contributed by atoms with van der Waals surface area (Å²) in [5, 5.41) is 15.2. The van der Waals surface area contributed by atoms with Crippen LogP contribution in [-0.4, -0.2) is 32.0 Å². The summed E-state index contributed by atoms with van der Waals surface area (Å²) in [4.78, 5) is 24.9. The standard InChI is InChI=1S/C18H16Cl2N4O2/c1-24(10-17(25)22-13-6-7-14(19)15(20)8-13)11-18(26)23-16-5-3-2-4-12(16)9-21/h2-8H,10-11H2,1H3,(H,22,25)(H,23,26)/p+1. The van der Waals surface area contributed by atoms with Gasteiger partial charge in [0.25, 0.3) is 11.8 Å². The fourth-order valence-corrected chi connectivity index (χ4v) is 2.57. The van der Waals surface area contributed by atoms with E-state index in [-0.39, 0.29) is 24.9 Å². The second-order valence-electron chi connectivity index (χ2n) is 5.69. The molecule has 0 aliphatic heterocycles. The highest BCUT2D eigenvalue weighted by Crippen LogP contribution is 2.24. The van der Waals surface area contributed by atoms with E-state index in [1.807, 2.05) is 6.07 Å². The largest absolute Gasteiger partial charge is 0.322 e. The second kappa shape index (κ2) is 9.20. The molecular weight excluding hydrogens is 375 g/mol. The molecule has 0 aliphatic rings. The maximum absolute atomic E-state index is 12.1. The van der Waals surface area contributed by atoms with E-state index in [9.17, 15) is 9.59 Å². The Morgan fingerprint density at radius 1 is 1.04 bits per heavy atom. The molecule has 8 heteroatoms. The number of amides is 2. The molecule has 2 aromatic rings. The van der Waals surface area contributed by atoms with Crippen LogP contribution in [0, 0.1) is 11.3 Å². The van der Waals surface area contributed by atoms with E-state index >= 15 is 0 Å². The number of likely N-dealkylation sites (N-methyl/N-ethyl adjacent to an activating group) is 1. The highest BCUT2D eigenvalue weighted by Gasteiger charge is 2.15. The van der Waals surface area contributed by atoms with Gasteiger partial charge in [0, 0.05) is 5.69 Å². The van der Waals surface area contributed by atoms with E-state index in [1.165, 1.54) is 0 Å². The van der Waals surface area contributed by atoms with Crippen molar-refractivity contribution < 1.29 is 14.5 Å². The fraction of sp³-hybridized carbons (Fsp3) is 0.167. The van der Waals surface area contributed by atoms with Crippen LogP contribution in [0.4, 0.5) is 11.4 Å². The zero-order valence-corrected chi connectivity index (χ0v) is 15.5. The molecule has 0 heterocycles. The minimum Gasteiger partial charge on any atom is -0.322 e. The predicted molar refractivity (Wildman–Crippen MR) is 101 cm³/mol. The van der Waals surface area contributed by atoms with Gasteiger partial charge in [0.1, 0.15) is 6.07 Å². The van der Waals surface area contributed by atoms with E-state index in [0.717, 1.165) is 0 Å². The van der Waals surface area contributed by atoms with Gasteiger partial charge in [0.2, 0.25) is 0 Å².